The Hall–Kier alpha value is -1.58. The Labute approximate surface area is 111 Å². The van der Waals surface area contributed by atoms with Crippen LogP contribution in [0.2, 0.25) is 5.15 Å². The summed E-state index contributed by atoms with van der Waals surface area (Å²) in [5.74, 6) is 0.837. The van der Waals surface area contributed by atoms with Gasteiger partial charge in [0.1, 0.15) is 10.9 Å². The number of halogens is 1. The SMILES string of the molecule is COc1cccc(COCc2ccc(Cl)nc2)c1. The molecular weight excluding hydrogens is 250 g/mol. The standard InChI is InChI=1S/C14H14ClNO2/c1-17-13-4-2-3-11(7-13)9-18-10-12-5-6-14(15)16-8-12/h2-8H,9-10H2,1H3. The van der Waals surface area contributed by atoms with Gasteiger partial charge in [0, 0.05) is 6.20 Å². The average Bonchev–Trinajstić information content (AvgIpc) is 2.41. The van der Waals surface area contributed by atoms with Crippen LogP contribution in [0.1, 0.15) is 11.1 Å². The van der Waals surface area contributed by atoms with E-state index in [1.807, 2.05) is 30.3 Å². The Morgan fingerprint density at radius 1 is 1.11 bits per heavy atom. The molecule has 0 saturated heterocycles. The lowest BCUT2D eigenvalue weighted by atomic mass is 10.2. The van der Waals surface area contributed by atoms with Crippen LogP contribution in [0.5, 0.6) is 5.75 Å². The zero-order valence-electron chi connectivity index (χ0n) is 10.1. The Kier molecular flexibility index (Phi) is 4.56. The number of hydrogen-bond donors (Lipinski definition) is 0. The van der Waals surface area contributed by atoms with Gasteiger partial charge in [-0.2, -0.15) is 0 Å². The molecule has 0 aliphatic rings. The van der Waals surface area contributed by atoms with Crippen molar-refractivity contribution >= 4 is 11.6 Å². The fourth-order valence-electron chi connectivity index (χ4n) is 1.54. The molecular formula is C14H14ClNO2. The van der Waals surface area contributed by atoms with Gasteiger partial charge in [0.05, 0.1) is 20.3 Å². The topological polar surface area (TPSA) is 31.4 Å². The fraction of sp³-hybridized carbons (Fsp3) is 0.214. The van der Waals surface area contributed by atoms with E-state index in [1.54, 1.807) is 19.4 Å². The van der Waals surface area contributed by atoms with Gasteiger partial charge in [-0.1, -0.05) is 29.8 Å². The molecule has 0 aliphatic heterocycles. The van der Waals surface area contributed by atoms with Crippen LogP contribution in [-0.2, 0) is 18.0 Å². The molecule has 3 nitrogen and oxygen atoms in total. The van der Waals surface area contributed by atoms with Crippen LogP contribution in [0, 0.1) is 0 Å². The lowest BCUT2D eigenvalue weighted by molar-refractivity contribution is 0.107. The van der Waals surface area contributed by atoms with E-state index in [9.17, 15) is 0 Å². The van der Waals surface area contributed by atoms with E-state index in [4.69, 9.17) is 21.1 Å². The van der Waals surface area contributed by atoms with Crippen LogP contribution < -0.4 is 4.74 Å². The van der Waals surface area contributed by atoms with Crippen molar-refractivity contribution in [3.8, 4) is 5.75 Å². The zero-order valence-corrected chi connectivity index (χ0v) is 10.9. The monoisotopic (exact) mass is 263 g/mol. The van der Waals surface area contributed by atoms with Crippen molar-refractivity contribution in [1.82, 2.24) is 4.98 Å². The van der Waals surface area contributed by atoms with E-state index in [-0.39, 0.29) is 0 Å². The number of methoxy groups -OCH3 is 1. The smallest absolute Gasteiger partial charge is 0.129 e. The number of ether oxygens (including phenoxy) is 2. The Balaban J connectivity index is 1.86. The molecule has 2 aromatic rings. The highest BCUT2D eigenvalue weighted by atomic mass is 35.5. The molecule has 0 saturated carbocycles. The molecule has 0 bridgehead atoms. The maximum Gasteiger partial charge on any atom is 0.129 e. The molecule has 18 heavy (non-hydrogen) atoms. The third-order valence-corrected chi connectivity index (χ3v) is 2.68. The van der Waals surface area contributed by atoms with Crippen LogP contribution in [0.25, 0.3) is 0 Å². The second-order valence-electron chi connectivity index (χ2n) is 3.83. The molecule has 94 valence electrons. The van der Waals surface area contributed by atoms with Gasteiger partial charge in [0.15, 0.2) is 0 Å². The van der Waals surface area contributed by atoms with Crippen molar-refractivity contribution in [2.75, 3.05) is 7.11 Å². The molecule has 0 fully saturated rings. The molecule has 1 heterocycles. The van der Waals surface area contributed by atoms with Crippen LogP contribution in [0.15, 0.2) is 42.6 Å². The van der Waals surface area contributed by atoms with Gasteiger partial charge >= 0.3 is 0 Å². The minimum Gasteiger partial charge on any atom is -0.497 e. The van der Waals surface area contributed by atoms with Crippen molar-refractivity contribution in [3.63, 3.8) is 0 Å². The molecule has 0 atom stereocenters. The summed E-state index contributed by atoms with van der Waals surface area (Å²) >= 11 is 5.71. The summed E-state index contributed by atoms with van der Waals surface area (Å²) in [5, 5.41) is 0.492. The first-order chi connectivity index (χ1) is 8.78. The highest BCUT2D eigenvalue weighted by molar-refractivity contribution is 6.29. The van der Waals surface area contributed by atoms with Crippen molar-refractivity contribution < 1.29 is 9.47 Å². The van der Waals surface area contributed by atoms with Crippen molar-refractivity contribution in [2.45, 2.75) is 13.2 Å². The molecule has 0 aliphatic carbocycles. The number of nitrogens with zero attached hydrogens (tertiary/aromatic N) is 1. The van der Waals surface area contributed by atoms with Crippen LogP contribution >= 0.6 is 11.6 Å². The summed E-state index contributed by atoms with van der Waals surface area (Å²) < 4.78 is 10.8. The largest absolute Gasteiger partial charge is 0.497 e. The predicted octanol–water partition coefficient (Wildman–Crippen LogP) is 3.46. The molecule has 2 rings (SSSR count). The summed E-state index contributed by atoms with van der Waals surface area (Å²) in [4.78, 5) is 4.00. The first-order valence-corrected chi connectivity index (χ1v) is 5.97. The number of benzene rings is 1. The van der Waals surface area contributed by atoms with Crippen LogP contribution in [0.4, 0.5) is 0 Å². The van der Waals surface area contributed by atoms with E-state index in [2.05, 4.69) is 4.98 Å². The molecule has 0 spiro atoms. The highest BCUT2D eigenvalue weighted by Gasteiger charge is 1.98. The van der Waals surface area contributed by atoms with Crippen molar-refractivity contribution in [2.24, 2.45) is 0 Å². The van der Waals surface area contributed by atoms with Crippen molar-refractivity contribution in [3.05, 3.63) is 58.9 Å². The third-order valence-electron chi connectivity index (χ3n) is 2.46. The minimum absolute atomic E-state index is 0.492. The third kappa shape index (κ3) is 3.72. The summed E-state index contributed by atoms with van der Waals surface area (Å²) in [7, 11) is 1.65. The predicted molar refractivity (Wildman–Crippen MR) is 70.7 cm³/mol. The Bertz CT molecular complexity index is 499. The molecule has 0 radical (unpaired) electrons. The Morgan fingerprint density at radius 2 is 1.94 bits per heavy atom. The lowest BCUT2D eigenvalue weighted by Crippen LogP contribution is -1.95. The van der Waals surface area contributed by atoms with E-state index in [0.717, 1.165) is 16.9 Å². The number of aromatic nitrogens is 1. The van der Waals surface area contributed by atoms with E-state index >= 15 is 0 Å². The maximum absolute atomic E-state index is 5.71. The molecule has 1 aromatic heterocycles. The molecule has 0 N–H and O–H groups in total. The van der Waals surface area contributed by atoms with Crippen molar-refractivity contribution in [1.29, 1.82) is 0 Å². The second kappa shape index (κ2) is 6.38. The number of hydrogen-bond acceptors (Lipinski definition) is 3. The van der Waals surface area contributed by atoms with Gasteiger partial charge in [-0.05, 0) is 29.3 Å². The zero-order chi connectivity index (χ0) is 12.8. The van der Waals surface area contributed by atoms with Crippen LogP contribution in [0.3, 0.4) is 0 Å². The quantitative estimate of drug-likeness (QED) is 0.774. The lowest BCUT2D eigenvalue weighted by Gasteiger charge is -2.06. The van der Waals surface area contributed by atoms with Gasteiger partial charge in [-0.15, -0.1) is 0 Å². The van der Waals surface area contributed by atoms with Gasteiger partial charge in [0.25, 0.3) is 0 Å². The first-order valence-electron chi connectivity index (χ1n) is 5.59. The van der Waals surface area contributed by atoms with Crippen LogP contribution in [-0.4, -0.2) is 12.1 Å². The molecule has 4 heteroatoms. The molecule has 0 unspecified atom stereocenters. The fourth-order valence-corrected chi connectivity index (χ4v) is 1.65. The molecule has 1 aromatic carbocycles. The Morgan fingerprint density at radius 3 is 2.67 bits per heavy atom. The summed E-state index contributed by atoms with van der Waals surface area (Å²) in [6, 6.07) is 11.5. The highest BCUT2D eigenvalue weighted by Crippen LogP contribution is 2.14. The van der Waals surface area contributed by atoms with E-state index < -0.39 is 0 Å². The minimum atomic E-state index is 0.492. The van der Waals surface area contributed by atoms with E-state index in [0.29, 0.717) is 18.4 Å². The van der Waals surface area contributed by atoms with Gasteiger partial charge < -0.3 is 9.47 Å². The van der Waals surface area contributed by atoms with E-state index in [1.165, 1.54) is 0 Å². The number of pyridine rings is 1. The second-order valence-corrected chi connectivity index (χ2v) is 4.22. The maximum atomic E-state index is 5.71. The summed E-state index contributed by atoms with van der Waals surface area (Å²) in [6.07, 6.45) is 1.72. The van der Waals surface area contributed by atoms with Gasteiger partial charge in [0.2, 0.25) is 0 Å². The number of rotatable bonds is 5. The first kappa shape index (κ1) is 12.9. The summed E-state index contributed by atoms with van der Waals surface area (Å²) in [5.41, 5.74) is 2.08. The normalized spacial score (nSPS) is 10.3. The van der Waals surface area contributed by atoms with Gasteiger partial charge in [-0.3, -0.25) is 0 Å². The average molecular weight is 264 g/mol. The summed E-state index contributed by atoms with van der Waals surface area (Å²) in [6.45, 7) is 1.06. The molecule has 0 amide bonds. The van der Waals surface area contributed by atoms with Gasteiger partial charge in [-0.25, -0.2) is 4.98 Å².